The standard InChI is InChI=1S/C21H25F2N3O2/c1-11(4-3-5-27)25-21(28)12(2)20-14-6-13(7-15(14)20)26-10-24-18-8-16(22)17(23)9-19(18)26/h8-10,12-15,20,27H,1,3-7H2,2H3,(H,25,28). The zero-order valence-corrected chi connectivity index (χ0v) is 15.9. The Morgan fingerprint density at radius 3 is 2.71 bits per heavy atom. The molecule has 0 radical (unpaired) electrons. The number of benzene rings is 1. The number of carbonyl (C=O) groups is 1. The van der Waals surface area contributed by atoms with Crippen molar-refractivity contribution in [3.63, 3.8) is 0 Å². The number of amides is 1. The number of nitrogens with one attached hydrogen (secondary N) is 1. The van der Waals surface area contributed by atoms with Gasteiger partial charge in [0.25, 0.3) is 0 Å². The molecule has 5 nitrogen and oxygen atoms in total. The normalized spacial score (nSPS) is 26.9. The molecule has 0 saturated heterocycles. The van der Waals surface area contributed by atoms with Gasteiger partial charge in [0.15, 0.2) is 11.6 Å². The third kappa shape index (κ3) is 3.32. The van der Waals surface area contributed by atoms with Crippen LogP contribution in [0.25, 0.3) is 11.0 Å². The summed E-state index contributed by atoms with van der Waals surface area (Å²) in [6, 6.07) is 2.55. The van der Waals surface area contributed by atoms with Gasteiger partial charge in [0.1, 0.15) is 0 Å². The number of allylic oxidation sites excluding steroid dienone is 1. The molecule has 2 N–H and O–H groups in total. The zero-order valence-electron chi connectivity index (χ0n) is 15.9. The predicted molar refractivity (Wildman–Crippen MR) is 101 cm³/mol. The Balaban J connectivity index is 1.37. The second-order valence-electron chi connectivity index (χ2n) is 8.15. The van der Waals surface area contributed by atoms with Crippen molar-refractivity contribution < 1.29 is 18.7 Å². The van der Waals surface area contributed by atoms with E-state index in [0.717, 1.165) is 18.9 Å². The molecule has 2 aliphatic rings. The van der Waals surface area contributed by atoms with Crippen LogP contribution in [0.15, 0.2) is 30.7 Å². The number of aliphatic hydroxyl groups excluding tert-OH is 1. The first-order valence-electron chi connectivity index (χ1n) is 9.81. The molecule has 4 rings (SSSR count). The Hall–Kier alpha value is -2.28. The molecular formula is C21H25F2N3O2. The lowest BCUT2D eigenvalue weighted by molar-refractivity contribution is -0.124. The van der Waals surface area contributed by atoms with Gasteiger partial charge in [-0.1, -0.05) is 13.5 Å². The minimum Gasteiger partial charge on any atom is -0.396 e. The zero-order chi connectivity index (χ0) is 20.0. The van der Waals surface area contributed by atoms with Crippen LogP contribution < -0.4 is 5.32 Å². The molecule has 2 fully saturated rings. The van der Waals surface area contributed by atoms with Crippen molar-refractivity contribution in [3.8, 4) is 0 Å². The lowest BCUT2D eigenvalue weighted by atomic mass is 9.96. The molecule has 0 aliphatic heterocycles. The number of hydrogen-bond donors (Lipinski definition) is 2. The minimum atomic E-state index is -0.882. The fraction of sp³-hybridized carbons (Fsp3) is 0.524. The van der Waals surface area contributed by atoms with Crippen molar-refractivity contribution in [1.82, 2.24) is 14.9 Å². The molecule has 28 heavy (non-hydrogen) atoms. The van der Waals surface area contributed by atoms with Crippen LogP contribution in [0.5, 0.6) is 0 Å². The highest BCUT2D eigenvalue weighted by atomic mass is 19.2. The number of hydrogen-bond acceptors (Lipinski definition) is 3. The molecule has 2 saturated carbocycles. The largest absolute Gasteiger partial charge is 0.396 e. The average molecular weight is 389 g/mol. The molecule has 2 aliphatic carbocycles. The van der Waals surface area contributed by atoms with Gasteiger partial charge >= 0.3 is 0 Å². The molecule has 7 heteroatoms. The molecule has 1 aromatic heterocycles. The highest BCUT2D eigenvalue weighted by Gasteiger charge is 2.59. The second-order valence-corrected chi connectivity index (χ2v) is 8.15. The first-order chi connectivity index (χ1) is 13.4. The van der Waals surface area contributed by atoms with Crippen molar-refractivity contribution in [2.45, 2.75) is 38.6 Å². The van der Waals surface area contributed by atoms with Gasteiger partial charge in [0.2, 0.25) is 5.91 Å². The van der Waals surface area contributed by atoms with E-state index >= 15 is 0 Å². The molecule has 3 atom stereocenters. The van der Waals surface area contributed by atoms with Crippen LogP contribution in [0.4, 0.5) is 8.78 Å². The van der Waals surface area contributed by atoms with Crippen molar-refractivity contribution in [3.05, 3.63) is 42.4 Å². The third-order valence-electron chi connectivity index (χ3n) is 6.42. The first-order valence-corrected chi connectivity index (χ1v) is 9.81. The molecule has 1 aromatic carbocycles. The van der Waals surface area contributed by atoms with Gasteiger partial charge in [-0.25, -0.2) is 13.8 Å². The minimum absolute atomic E-state index is 0.00971. The number of aliphatic hydroxyl groups is 1. The number of fused-ring (bicyclic) bond motifs is 2. The quantitative estimate of drug-likeness (QED) is 0.761. The summed E-state index contributed by atoms with van der Waals surface area (Å²) in [7, 11) is 0. The average Bonchev–Trinajstić information content (AvgIpc) is 2.99. The van der Waals surface area contributed by atoms with Gasteiger partial charge in [0, 0.05) is 36.4 Å². The van der Waals surface area contributed by atoms with E-state index < -0.39 is 11.6 Å². The van der Waals surface area contributed by atoms with E-state index in [-0.39, 0.29) is 24.5 Å². The number of carbonyl (C=O) groups excluding carboxylic acids is 1. The van der Waals surface area contributed by atoms with E-state index in [2.05, 4.69) is 16.9 Å². The number of halogens is 2. The molecule has 1 amide bonds. The van der Waals surface area contributed by atoms with E-state index in [1.165, 1.54) is 6.07 Å². The van der Waals surface area contributed by atoms with Gasteiger partial charge in [0.05, 0.1) is 17.4 Å². The van der Waals surface area contributed by atoms with Crippen molar-refractivity contribution in [1.29, 1.82) is 0 Å². The number of rotatable bonds is 7. The summed E-state index contributed by atoms with van der Waals surface area (Å²) in [5, 5.41) is 11.7. The fourth-order valence-electron chi connectivity index (χ4n) is 4.96. The van der Waals surface area contributed by atoms with Gasteiger partial charge in [-0.15, -0.1) is 0 Å². The summed E-state index contributed by atoms with van der Waals surface area (Å²) in [5.41, 5.74) is 1.73. The van der Waals surface area contributed by atoms with Crippen molar-refractivity contribution in [2.24, 2.45) is 23.7 Å². The molecule has 150 valence electrons. The maximum Gasteiger partial charge on any atom is 0.227 e. The van der Waals surface area contributed by atoms with Crippen LogP contribution >= 0.6 is 0 Å². The van der Waals surface area contributed by atoms with Crippen LogP contribution in [0.2, 0.25) is 0 Å². The Morgan fingerprint density at radius 2 is 2.04 bits per heavy atom. The summed E-state index contributed by atoms with van der Waals surface area (Å²) in [6.07, 6.45) is 4.67. The maximum absolute atomic E-state index is 13.6. The lowest BCUT2D eigenvalue weighted by Gasteiger charge is -2.20. The molecule has 2 aromatic rings. The van der Waals surface area contributed by atoms with E-state index in [0.29, 0.717) is 47.3 Å². The Morgan fingerprint density at radius 1 is 1.36 bits per heavy atom. The molecule has 3 unspecified atom stereocenters. The van der Waals surface area contributed by atoms with Crippen LogP contribution in [-0.4, -0.2) is 27.2 Å². The summed E-state index contributed by atoms with van der Waals surface area (Å²) < 4.78 is 29.0. The Bertz CT molecular complexity index is 914. The SMILES string of the molecule is C=C(CCCO)NC(=O)C(C)C1C2CC(n3cnc4cc(F)c(F)cc43)CC21. The van der Waals surface area contributed by atoms with Gasteiger partial charge < -0.3 is 15.0 Å². The van der Waals surface area contributed by atoms with E-state index in [9.17, 15) is 13.6 Å². The smallest absolute Gasteiger partial charge is 0.227 e. The van der Waals surface area contributed by atoms with Crippen LogP contribution in [0.3, 0.4) is 0 Å². The summed E-state index contributed by atoms with van der Waals surface area (Å²) in [4.78, 5) is 16.7. The van der Waals surface area contributed by atoms with E-state index in [4.69, 9.17) is 5.11 Å². The summed E-state index contributed by atoms with van der Waals surface area (Å²) in [6.45, 7) is 5.88. The van der Waals surface area contributed by atoms with E-state index in [1.54, 1.807) is 6.33 Å². The summed E-state index contributed by atoms with van der Waals surface area (Å²) in [5.74, 6) is -0.545. The highest BCUT2D eigenvalue weighted by molar-refractivity contribution is 5.80. The van der Waals surface area contributed by atoms with Crippen LogP contribution in [0, 0.1) is 35.3 Å². The molecule has 1 heterocycles. The van der Waals surface area contributed by atoms with Crippen LogP contribution in [-0.2, 0) is 4.79 Å². The summed E-state index contributed by atoms with van der Waals surface area (Å²) >= 11 is 0. The topological polar surface area (TPSA) is 67.2 Å². The molecular weight excluding hydrogens is 364 g/mol. The lowest BCUT2D eigenvalue weighted by Crippen LogP contribution is -2.30. The predicted octanol–water partition coefficient (Wildman–Crippen LogP) is 3.55. The van der Waals surface area contributed by atoms with Gasteiger partial charge in [-0.3, -0.25) is 4.79 Å². The first kappa shape index (κ1) is 19.1. The van der Waals surface area contributed by atoms with Crippen molar-refractivity contribution in [2.75, 3.05) is 6.61 Å². The van der Waals surface area contributed by atoms with E-state index in [1.807, 2.05) is 11.5 Å². The van der Waals surface area contributed by atoms with Gasteiger partial charge in [-0.05, 0) is 43.4 Å². The second kappa shape index (κ2) is 7.28. The van der Waals surface area contributed by atoms with Crippen molar-refractivity contribution >= 4 is 16.9 Å². The maximum atomic E-state index is 13.6. The third-order valence-corrected chi connectivity index (χ3v) is 6.42. The number of nitrogens with zero attached hydrogens (tertiary/aromatic N) is 2. The Kier molecular flexibility index (Phi) is 4.95. The molecule has 0 bridgehead atoms. The van der Waals surface area contributed by atoms with Crippen LogP contribution in [0.1, 0.15) is 38.6 Å². The number of imidazole rings is 1. The van der Waals surface area contributed by atoms with Gasteiger partial charge in [-0.2, -0.15) is 0 Å². The fourth-order valence-corrected chi connectivity index (χ4v) is 4.96. The monoisotopic (exact) mass is 389 g/mol. The highest BCUT2D eigenvalue weighted by Crippen LogP contribution is 2.63. The Labute approximate surface area is 162 Å². The number of aromatic nitrogens is 2. The molecule has 0 spiro atoms.